The molecular weight excluding hydrogens is 362 g/mol. The van der Waals surface area contributed by atoms with E-state index in [0.717, 1.165) is 12.8 Å². The summed E-state index contributed by atoms with van der Waals surface area (Å²) in [5.74, 6) is 0. The average molecular weight is 402 g/mol. The third kappa shape index (κ3) is 20.0. The number of nitrogens with zero attached hydrogens (tertiary/aromatic N) is 1. The summed E-state index contributed by atoms with van der Waals surface area (Å²) < 4.78 is 32.9. The van der Waals surface area contributed by atoms with E-state index in [1.54, 1.807) is 0 Å². The Morgan fingerprint density at radius 1 is 0.769 bits per heavy atom. The molecule has 0 aliphatic rings. The van der Waals surface area contributed by atoms with E-state index in [-0.39, 0.29) is 6.61 Å². The van der Waals surface area contributed by atoms with Crippen molar-refractivity contribution in [3.05, 3.63) is 0 Å². The van der Waals surface area contributed by atoms with Gasteiger partial charge in [0.05, 0.1) is 6.61 Å². The standard InChI is InChI=1S/C11H24O4S.C6H15NO3/c1-2-3-4-5-6-7-8-9-10-11-15-16(12,13)14;1-4(8)7(5(2)9)6(3)10/h2-11H2,1H3,(H,12,13,14);4-6,8-10H,1-3H3. The minimum absolute atomic E-state index is 0.0919. The van der Waals surface area contributed by atoms with Crippen LogP contribution in [0.2, 0.25) is 0 Å². The lowest BCUT2D eigenvalue weighted by atomic mass is 10.1. The van der Waals surface area contributed by atoms with Crippen molar-refractivity contribution in [2.45, 2.75) is 104 Å². The topological polar surface area (TPSA) is 128 Å². The van der Waals surface area contributed by atoms with Gasteiger partial charge in [0.1, 0.15) is 18.7 Å². The highest BCUT2D eigenvalue weighted by Gasteiger charge is 2.20. The molecule has 0 aliphatic carbocycles. The summed E-state index contributed by atoms with van der Waals surface area (Å²) in [6.45, 7) is 6.75. The monoisotopic (exact) mass is 401 g/mol. The fraction of sp³-hybridized carbons (Fsp3) is 1.00. The quantitative estimate of drug-likeness (QED) is 0.199. The number of hydrogen-bond donors (Lipinski definition) is 4. The van der Waals surface area contributed by atoms with Gasteiger partial charge < -0.3 is 15.3 Å². The lowest BCUT2D eigenvalue weighted by Gasteiger charge is -2.30. The number of unbranched alkanes of at least 4 members (excludes halogenated alkanes) is 8. The highest BCUT2D eigenvalue weighted by atomic mass is 32.3. The Hall–Kier alpha value is -0.290. The Balaban J connectivity index is 0. The molecule has 0 amide bonds. The summed E-state index contributed by atoms with van der Waals surface area (Å²) in [5.41, 5.74) is 0. The molecule has 3 atom stereocenters. The van der Waals surface area contributed by atoms with Crippen LogP contribution in [0.15, 0.2) is 0 Å². The Morgan fingerprint density at radius 3 is 1.38 bits per heavy atom. The molecule has 0 bridgehead atoms. The number of hydrogen-bond acceptors (Lipinski definition) is 7. The van der Waals surface area contributed by atoms with E-state index in [4.69, 9.17) is 19.9 Å². The summed E-state index contributed by atoms with van der Waals surface area (Å²) in [7, 11) is -4.23. The zero-order valence-electron chi connectivity index (χ0n) is 16.7. The van der Waals surface area contributed by atoms with Crippen LogP contribution in [0.5, 0.6) is 0 Å². The van der Waals surface area contributed by atoms with Crippen molar-refractivity contribution < 1.29 is 32.5 Å². The Morgan fingerprint density at radius 2 is 1.12 bits per heavy atom. The molecule has 9 heteroatoms. The molecule has 26 heavy (non-hydrogen) atoms. The zero-order chi connectivity index (χ0) is 20.6. The van der Waals surface area contributed by atoms with Crippen molar-refractivity contribution in [2.75, 3.05) is 6.61 Å². The smallest absolute Gasteiger partial charge is 0.379 e. The molecule has 0 aliphatic heterocycles. The van der Waals surface area contributed by atoms with Gasteiger partial charge >= 0.3 is 10.4 Å². The highest BCUT2D eigenvalue weighted by Crippen LogP contribution is 2.09. The van der Waals surface area contributed by atoms with Gasteiger partial charge in [-0.15, -0.1) is 0 Å². The lowest BCUT2D eigenvalue weighted by Crippen LogP contribution is -2.45. The SMILES string of the molecule is CC(O)N(C(C)O)C(C)O.CCCCCCCCCCCOS(=O)(=O)O. The molecule has 0 rings (SSSR count). The summed E-state index contributed by atoms with van der Waals surface area (Å²) in [4.78, 5) is 1.17. The van der Waals surface area contributed by atoms with Crippen molar-refractivity contribution in [2.24, 2.45) is 0 Å². The van der Waals surface area contributed by atoms with Crippen molar-refractivity contribution in [1.82, 2.24) is 4.90 Å². The van der Waals surface area contributed by atoms with Crippen LogP contribution in [0, 0.1) is 0 Å². The van der Waals surface area contributed by atoms with Gasteiger partial charge in [-0.05, 0) is 27.2 Å². The maximum atomic E-state index is 10.2. The second-order valence-corrected chi connectivity index (χ2v) is 7.51. The average Bonchev–Trinajstić information content (AvgIpc) is 2.47. The fourth-order valence-corrected chi connectivity index (χ4v) is 2.84. The second-order valence-electron chi connectivity index (χ2n) is 6.42. The number of aliphatic hydroxyl groups excluding tert-OH is 3. The summed E-state index contributed by atoms with van der Waals surface area (Å²) in [5, 5.41) is 26.9. The second kappa shape index (κ2) is 16.9. The van der Waals surface area contributed by atoms with E-state index in [1.807, 2.05) is 0 Å². The van der Waals surface area contributed by atoms with Crippen LogP contribution in [-0.4, -0.2) is 58.5 Å². The predicted octanol–water partition coefficient (Wildman–Crippen LogP) is 2.64. The molecule has 0 aromatic heterocycles. The van der Waals surface area contributed by atoms with Crippen LogP contribution in [0.4, 0.5) is 0 Å². The van der Waals surface area contributed by atoms with Gasteiger partial charge in [0, 0.05) is 0 Å². The predicted molar refractivity (Wildman–Crippen MR) is 102 cm³/mol. The maximum absolute atomic E-state index is 10.2. The van der Waals surface area contributed by atoms with Crippen LogP contribution in [0.25, 0.3) is 0 Å². The third-order valence-corrected chi connectivity index (χ3v) is 4.24. The van der Waals surface area contributed by atoms with E-state index >= 15 is 0 Å². The van der Waals surface area contributed by atoms with E-state index in [2.05, 4.69) is 11.1 Å². The molecule has 0 saturated heterocycles. The van der Waals surface area contributed by atoms with E-state index in [0.29, 0.717) is 6.42 Å². The van der Waals surface area contributed by atoms with Crippen molar-refractivity contribution in [1.29, 1.82) is 0 Å². The largest absolute Gasteiger partial charge is 0.397 e. The minimum atomic E-state index is -4.23. The van der Waals surface area contributed by atoms with Crippen LogP contribution in [0.3, 0.4) is 0 Å². The molecule has 0 fully saturated rings. The molecule has 0 radical (unpaired) electrons. The van der Waals surface area contributed by atoms with Gasteiger partial charge in [-0.25, -0.2) is 9.08 Å². The first-order valence-electron chi connectivity index (χ1n) is 9.46. The van der Waals surface area contributed by atoms with Gasteiger partial charge in [-0.3, -0.25) is 4.55 Å². The summed E-state index contributed by atoms with van der Waals surface area (Å²) in [6, 6.07) is 0. The van der Waals surface area contributed by atoms with Crippen molar-refractivity contribution >= 4 is 10.4 Å². The van der Waals surface area contributed by atoms with Crippen molar-refractivity contribution in [3.8, 4) is 0 Å². The molecule has 4 N–H and O–H groups in total. The number of aliphatic hydroxyl groups is 3. The zero-order valence-corrected chi connectivity index (χ0v) is 17.5. The molecule has 0 aromatic rings. The number of rotatable bonds is 14. The Labute approximate surface area is 159 Å². The first kappa shape index (κ1) is 27.9. The molecular formula is C17H39NO7S. The Bertz CT molecular complexity index is 381. The van der Waals surface area contributed by atoms with E-state index < -0.39 is 29.1 Å². The van der Waals surface area contributed by atoms with Crippen LogP contribution in [-0.2, 0) is 14.6 Å². The van der Waals surface area contributed by atoms with Gasteiger partial charge in [0.2, 0.25) is 0 Å². The summed E-state index contributed by atoms with van der Waals surface area (Å²) >= 11 is 0. The molecule has 0 spiro atoms. The Kier molecular flexibility index (Phi) is 18.1. The molecule has 0 saturated carbocycles. The molecule has 0 heterocycles. The molecule has 0 aromatic carbocycles. The normalized spacial score (nSPS) is 15.3. The third-order valence-electron chi connectivity index (χ3n) is 3.77. The summed E-state index contributed by atoms with van der Waals surface area (Å²) in [6.07, 6.45) is 7.95. The molecule has 3 unspecified atom stereocenters. The lowest BCUT2D eigenvalue weighted by molar-refractivity contribution is -0.159. The highest BCUT2D eigenvalue weighted by molar-refractivity contribution is 7.80. The molecule has 160 valence electrons. The van der Waals surface area contributed by atoms with Crippen LogP contribution < -0.4 is 0 Å². The first-order valence-corrected chi connectivity index (χ1v) is 10.8. The van der Waals surface area contributed by atoms with E-state index in [1.165, 1.54) is 64.2 Å². The van der Waals surface area contributed by atoms with Crippen LogP contribution >= 0.6 is 0 Å². The fourth-order valence-electron chi connectivity index (χ4n) is 2.51. The van der Waals surface area contributed by atoms with Gasteiger partial charge in [-0.2, -0.15) is 8.42 Å². The molecule has 8 nitrogen and oxygen atoms in total. The maximum Gasteiger partial charge on any atom is 0.397 e. The minimum Gasteiger partial charge on any atom is -0.379 e. The van der Waals surface area contributed by atoms with Crippen molar-refractivity contribution in [3.63, 3.8) is 0 Å². The first-order chi connectivity index (χ1) is 12.0. The van der Waals surface area contributed by atoms with Crippen LogP contribution in [0.1, 0.15) is 85.5 Å². The van der Waals surface area contributed by atoms with Gasteiger partial charge in [0.15, 0.2) is 0 Å². The van der Waals surface area contributed by atoms with Gasteiger partial charge in [0.25, 0.3) is 0 Å². The van der Waals surface area contributed by atoms with E-state index in [9.17, 15) is 8.42 Å². The van der Waals surface area contributed by atoms with Gasteiger partial charge in [-0.1, -0.05) is 58.3 Å².